The van der Waals surface area contributed by atoms with E-state index < -0.39 is 11.3 Å². The number of amides is 2. The molecule has 0 aromatic heterocycles. The lowest BCUT2D eigenvalue weighted by atomic mass is 9.70. The van der Waals surface area contributed by atoms with E-state index in [-0.39, 0.29) is 17.4 Å². The Morgan fingerprint density at radius 1 is 1.20 bits per heavy atom. The molecule has 3 aliphatic rings. The highest BCUT2D eigenvalue weighted by Crippen LogP contribution is 2.50. The molecule has 2 amide bonds. The van der Waals surface area contributed by atoms with Crippen LogP contribution in [0.5, 0.6) is 0 Å². The van der Waals surface area contributed by atoms with Crippen LogP contribution >= 0.6 is 0 Å². The van der Waals surface area contributed by atoms with Crippen LogP contribution in [0.2, 0.25) is 0 Å². The second-order valence-electron chi connectivity index (χ2n) is 10.1. The molecule has 1 saturated carbocycles. The minimum Gasteiger partial charge on any atom is -0.444 e. The summed E-state index contributed by atoms with van der Waals surface area (Å²) in [6.07, 6.45) is 13.0. The number of likely N-dealkylation sites (tertiary alicyclic amines) is 1. The fraction of sp³-hybridized carbons (Fsp3) is 0.826. The van der Waals surface area contributed by atoms with Gasteiger partial charge in [0.25, 0.3) is 0 Å². The lowest BCUT2D eigenvalue weighted by Crippen LogP contribution is -2.48. The Labute approximate surface area is 180 Å². The van der Waals surface area contributed by atoms with E-state index in [1.807, 2.05) is 25.7 Å². The Morgan fingerprint density at radius 3 is 2.50 bits per heavy atom. The summed E-state index contributed by atoms with van der Waals surface area (Å²) < 4.78 is 5.52. The zero-order valence-corrected chi connectivity index (χ0v) is 18.7. The van der Waals surface area contributed by atoms with Crippen LogP contribution in [0.4, 0.5) is 4.79 Å². The number of hydrogen-bond donors (Lipinski definition) is 1. The Morgan fingerprint density at radius 2 is 1.90 bits per heavy atom. The molecular weight excluding hydrogens is 380 g/mol. The molecule has 1 aliphatic carbocycles. The van der Waals surface area contributed by atoms with Gasteiger partial charge in [0, 0.05) is 45.3 Å². The molecule has 166 valence electrons. The third kappa shape index (κ3) is 5.74. The number of hydrogen-bond acceptors (Lipinski definition) is 5. The SMILES string of the molecule is C#CCCC1(CCC(=O)NCC2CCCC23CCN(C(=O)OC(C)(C)C)CC3)N=N1. The molecule has 0 aromatic carbocycles. The van der Waals surface area contributed by atoms with Crippen molar-refractivity contribution in [2.75, 3.05) is 19.6 Å². The molecule has 0 bridgehead atoms. The van der Waals surface area contributed by atoms with Gasteiger partial charge in [-0.05, 0) is 57.8 Å². The van der Waals surface area contributed by atoms with Gasteiger partial charge < -0.3 is 15.0 Å². The Kier molecular flexibility index (Phi) is 6.74. The maximum absolute atomic E-state index is 12.4. The van der Waals surface area contributed by atoms with Crippen molar-refractivity contribution in [3.05, 3.63) is 0 Å². The third-order valence-corrected chi connectivity index (χ3v) is 6.85. The van der Waals surface area contributed by atoms with E-state index in [9.17, 15) is 9.59 Å². The Balaban J connectivity index is 1.42. The van der Waals surface area contributed by atoms with Gasteiger partial charge >= 0.3 is 6.09 Å². The lowest BCUT2D eigenvalue weighted by molar-refractivity contribution is -0.121. The molecule has 1 atom stereocenters. The maximum atomic E-state index is 12.4. The number of piperidine rings is 1. The van der Waals surface area contributed by atoms with Gasteiger partial charge in [0.05, 0.1) is 0 Å². The molecule has 30 heavy (non-hydrogen) atoms. The quantitative estimate of drug-likeness (QED) is 0.629. The molecule has 1 saturated heterocycles. The first kappa shape index (κ1) is 22.6. The van der Waals surface area contributed by atoms with E-state index in [4.69, 9.17) is 11.2 Å². The number of nitrogens with zero attached hydrogens (tertiary/aromatic N) is 3. The van der Waals surface area contributed by atoms with Crippen molar-refractivity contribution in [1.29, 1.82) is 0 Å². The van der Waals surface area contributed by atoms with Gasteiger partial charge in [-0.25, -0.2) is 4.79 Å². The second-order valence-corrected chi connectivity index (χ2v) is 10.1. The van der Waals surface area contributed by atoms with E-state index in [2.05, 4.69) is 21.5 Å². The molecule has 2 fully saturated rings. The van der Waals surface area contributed by atoms with Gasteiger partial charge in [0.2, 0.25) is 5.91 Å². The average molecular weight is 417 g/mol. The molecule has 1 N–H and O–H groups in total. The number of terminal acetylenes is 1. The Bertz CT molecular complexity index is 705. The van der Waals surface area contributed by atoms with Crippen LogP contribution in [0, 0.1) is 23.7 Å². The molecule has 0 aromatic rings. The van der Waals surface area contributed by atoms with Crippen molar-refractivity contribution in [1.82, 2.24) is 10.2 Å². The van der Waals surface area contributed by atoms with Crippen molar-refractivity contribution < 1.29 is 14.3 Å². The number of ether oxygens (including phenoxy) is 1. The van der Waals surface area contributed by atoms with Crippen molar-refractivity contribution in [2.24, 2.45) is 21.6 Å². The summed E-state index contributed by atoms with van der Waals surface area (Å²) in [5, 5.41) is 11.3. The van der Waals surface area contributed by atoms with Crippen LogP contribution in [0.1, 0.15) is 78.6 Å². The van der Waals surface area contributed by atoms with Crippen LogP contribution in [0.3, 0.4) is 0 Å². The van der Waals surface area contributed by atoms with Gasteiger partial charge in [-0.2, -0.15) is 10.2 Å². The lowest BCUT2D eigenvalue weighted by Gasteiger charge is -2.43. The van der Waals surface area contributed by atoms with E-state index in [0.717, 1.165) is 45.3 Å². The number of carbonyl (C=O) groups is 2. The topological polar surface area (TPSA) is 83.4 Å². The molecule has 3 rings (SSSR count). The van der Waals surface area contributed by atoms with E-state index in [0.29, 0.717) is 25.2 Å². The Hall–Kier alpha value is -2.10. The largest absolute Gasteiger partial charge is 0.444 e. The van der Waals surface area contributed by atoms with Crippen LogP contribution in [0.15, 0.2) is 10.2 Å². The van der Waals surface area contributed by atoms with Crippen LogP contribution in [0.25, 0.3) is 0 Å². The zero-order valence-electron chi connectivity index (χ0n) is 18.7. The fourth-order valence-electron chi connectivity index (χ4n) is 4.96. The summed E-state index contributed by atoms with van der Waals surface area (Å²) in [5.74, 6) is 3.16. The van der Waals surface area contributed by atoms with Crippen LogP contribution in [-0.2, 0) is 9.53 Å². The molecule has 0 radical (unpaired) electrons. The zero-order chi connectivity index (χ0) is 21.8. The first-order valence-corrected chi connectivity index (χ1v) is 11.3. The maximum Gasteiger partial charge on any atom is 0.410 e. The summed E-state index contributed by atoms with van der Waals surface area (Å²) in [6.45, 7) is 7.88. The second kappa shape index (κ2) is 8.95. The van der Waals surface area contributed by atoms with Crippen molar-refractivity contribution in [3.8, 4) is 12.3 Å². The summed E-state index contributed by atoms with van der Waals surface area (Å²) in [4.78, 5) is 26.6. The smallest absolute Gasteiger partial charge is 0.410 e. The highest BCUT2D eigenvalue weighted by atomic mass is 16.6. The van der Waals surface area contributed by atoms with E-state index >= 15 is 0 Å². The molecular formula is C23H36N4O3. The summed E-state index contributed by atoms with van der Waals surface area (Å²) in [6, 6.07) is 0. The minimum absolute atomic E-state index is 0.0700. The molecule has 1 spiro atoms. The highest BCUT2D eigenvalue weighted by Gasteiger charge is 2.45. The first-order chi connectivity index (χ1) is 14.2. The predicted octanol–water partition coefficient (Wildman–Crippen LogP) is 4.28. The van der Waals surface area contributed by atoms with Crippen LogP contribution < -0.4 is 5.32 Å². The van der Waals surface area contributed by atoms with Gasteiger partial charge in [-0.1, -0.05) is 6.42 Å². The van der Waals surface area contributed by atoms with E-state index in [1.54, 1.807) is 0 Å². The van der Waals surface area contributed by atoms with Gasteiger partial charge in [-0.15, -0.1) is 12.3 Å². The number of nitrogens with one attached hydrogen (secondary N) is 1. The third-order valence-electron chi connectivity index (χ3n) is 6.85. The number of rotatable bonds is 7. The molecule has 7 heteroatoms. The van der Waals surface area contributed by atoms with Crippen molar-refractivity contribution >= 4 is 12.0 Å². The molecule has 1 unspecified atom stereocenters. The van der Waals surface area contributed by atoms with Crippen molar-refractivity contribution in [3.63, 3.8) is 0 Å². The molecule has 2 heterocycles. The van der Waals surface area contributed by atoms with Gasteiger partial charge in [0.1, 0.15) is 5.60 Å². The normalized spacial score (nSPS) is 23.8. The fourth-order valence-corrected chi connectivity index (χ4v) is 4.96. The number of carbonyl (C=O) groups excluding carboxylic acids is 2. The predicted molar refractivity (Wildman–Crippen MR) is 115 cm³/mol. The van der Waals surface area contributed by atoms with Crippen molar-refractivity contribution in [2.45, 2.75) is 89.8 Å². The molecule has 2 aliphatic heterocycles. The standard InChI is InChI=1S/C23H36N4O3/c1-5-6-11-23(25-26-23)12-9-19(28)24-17-18-8-7-10-22(18)13-15-27(16-14-22)20(29)30-21(2,3)4/h1,18H,6-17H2,2-4H3,(H,24,28). The highest BCUT2D eigenvalue weighted by molar-refractivity contribution is 5.76. The van der Waals surface area contributed by atoms with E-state index in [1.165, 1.54) is 12.8 Å². The van der Waals surface area contributed by atoms with Gasteiger partial charge in [0.15, 0.2) is 5.66 Å². The van der Waals surface area contributed by atoms with Gasteiger partial charge in [-0.3, -0.25) is 4.79 Å². The molecule has 7 nitrogen and oxygen atoms in total. The first-order valence-electron chi connectivity index (χ1n) is 11.3. The summed E-state index contributed by atoms with van der Waals surface area (Å²) >= 11 is 0. The van der Waals surface area contributed by atoms with Crippen LogP contribution in [-0.4, -0.2) is 47.8 Å². The average Bonchev–Trinajstić information content (AvgIpc) is 3.37. The summed E-state index contributed by atoms with van der Waals surface area (Å²) in [5.41, 5.74) is -0.624. The summed E-state index contributed by atoms with van der Waals surface area (Å²) in [7, 11) is 0. The monoisotopic (exact) mass is 416 g/mol. The minimum atomic E-state index is -0.465.